The Morgan fingerprint density at radius 3 is 0.970 bits per heavy atom. The minimum absolute atomic E-state index is 0.303. The molecule has 17 heteroatoms. The summed E-state index contributed by atoms with van der Waals surface area (Å²) in [5, 5.41) is 2.33. The van der Waals surface area contributed by atoms with Crippen LogP contribution in [0.25, 0.3) is 0 Å². The maximum atomic E-state index is 13.3. The van der Waals surface area contributed by atoms with E-state index in [0.717, 1.165) is 0 Å². The van der Waals surface area contributed by atoms with Gasteiger partial charge in [0.25, 0.3) is 0 Å². The second-order valence-electron chi connectivity index (χ2n) is 7.07. The molecule has 0 heterocycles. The van der Waals surface area contributed by atoms with Gasteiger partial charge in [-0.25, -0.2) is 17.6 Å². The van der Waals surface area contributed by atoms with Crippen LogP contribution in [0.15, 0.2) is 0 Å². The first kappa shape index (κ1) is 31.8. The van der Waals surface area contributed by atoms with E-state index in [2.05, 4.69) is 5.32 Å². The number of hydrogen-bond acceptors (Lipinski definition) is 1. The normalized spacial score (nSPS) is 15.1. The summed E-state index contributed by atoms with van der Waals surface area (Å²) in [6.07, 6.45) is -16.4. The standard InChI is InChI=1S/C16H19F16N/c17-9(18)13(25,26)15(29,30)11(21,22)5-1-3-7-33-8-4-2-6-12(23,24)16(31,32)14(27,28)10(19)20/h9-10,33H,1-8H2. The summed E-state index contributed by atoms with van der Waals surface area (Å²) in [5.74, 6) is -36.2. The van der Waals surface area contributed by atoms with Crippen molar-refractivity contribution in [1.82, 2.24) is 5.32 Å². The number of halogens is 16. The first-order valence-corrected chi connectivity index (χ1v) is 9.13. The quantitative estimate of drug-likeness (QED) is 0.164. The van der Waals surface area contributed by atoms with E-state index < -0.39 is 86.9 Å². The van der Waals surface area contributed by atoms with E-state index in [1.54, 1.807) is 0 Å². The van der Waals surface area contributed by atoms with Crippen LogP contribution in [-0.2, 0) is 0 Å². The van der Waals surface area contributed by atoms with Crippen molar-refractivity contribution in [3.05, 3.63) is 0 Å². The molecule has 0 unspecified atom stereocenters. The lowest BCUT2D eigenvalue weighted by molar-refractivity contribution is -0.339. The van der Waals surface area contributed by atoms with Crippen LogP contribution in [-0.4, -0.2) is 61.5 Å². The Balaban J connectivity index is 4.37. The highest BCUT2D eigenvalue weighted by molar-refractivity contribution is 4.98. The van der Waals surface area contributed by atoms with Crippen LogP contribution in [0.3, 0.4) is 0 Å². The monoisotopic (exact) mass is 529 g/mol. The van der Waals surface area contributed by atoms with Crippen molar-refractivity contribution in [2.75, 3.05) is 13.1 Å². The van der Waals surface area contributed by atoms with Gasteiger partial charge in [0.2, 0.25) is 0 Å². The van der Waals surface area contributed by atoms with E-state index in [1.807, 2.05) is 0 Å². The summed E-state index contributed by atoms with van der Waals surface area (Å²) >= 11 is 0. The van der Waals surface area contributed by atoms with Crippen LogP contribution >= 0.6 is 0 Å². The van der Waals surface area contributed by atoms with Gasteiger partial charge in [0.1, 0.15) is 0 Å². The van der Waals surface area contributed by atoms with Gasteiger partial charge in [-0.15, -0.1) is 0 Å². The SMILES string of the molecule is FC(F)C(F)(F)C(F)(F)C(F)(F)CCCCNCCCCC(F)(F)C(F)(F)C(F)(F)C(F)F. The largest absolute Gasteiger partial charge is 0.377 e. The molecule has 0 saturated carbocycles. The maximum absolute atomic E-state index is 13.3. The highest BCUT2D eigenvalue weighted by Crippen LogP contribution is 2.51. The van der Waals surface area contributed by atoms with Gasteiger partial charge in [-0.2, -0.15) is 52.7 Å². The minimum atomic E-state index is -6.34. The highest BCUT2D eigenvalue weighted by Gasteiger charge is 2.75. The molecule has 0 saturated heterocycles. The summed E-state index contributed by atoms with van der Waals surface area (Å²) in [6, 6.07) is 0. The summed E-state index contributed by atoms with van der Waals surface area (Å²) in [6.45, 7) is -0.605. The van der Waals surface area contributed by atoms with Crippen LogP contribution < -0.4 is 5.32 Å². The molecule has 0 bridgehead atoms. The molecule has 0 aliphatic rings. The molecule has 1 nitrogen and oxygen atoms in total. The Labute approximate surface area is 176 Å². The van der Waals surface area contributed by atoms with E-state index in [4.69, 9.17) is 0 Å². The number of alkyl halides is 16. The summed E-state index contributed by atoms with van der Waals surface area (Å²) in [5.41, 5.74) is 0. The van der Waals surface area contributed by atoms with Crippen molar-refractivity contribution in [2.24, 2.45) is 0 Å². The van der Waals surface area contributed by atoms with Crippen molar-refractivity contribution < 1.29 is 70.2 Å². The summed E-state index contributed by atoms with van der Waals surface area (Å²) < 4.78 is 204. The van der Waals surface area contributed by atoms with Crippen molar-refractivity contribution >= 4 is 0 Å². The van der Waals surface area contributed by atoms with Crippen molar-refractivity contribution in [2.45, 2.75) is 86.9 Å². The van der Waals surface area contributed by atoms with Crippen LogP contribution in [0.2, 0.25) is 0 Å². The fraction of sp³-hybridized carbons (Fsp3) is 1.00. The molecule has 0 aliphatic heterocycles. The molecule has 0 atom stereocenters. The van der Waals surface area contributed by atoms with E-state index in [-0.39, 0.29) is 13.1 Å². The number of unbranched alkanes of at least 4 members (excludes halogenated alkanes) is 2. The molecule has 0 radical (unpaired) electrons. The fourth-order valence-corrected chi connectivity index (χ4v) is 2.39. The highest BCUT2D eigenvalue weighted by atomic mass is 19.4. The lowest BCUT2D eigenvalue weighted by Crippen LogP contribution is -2.57. The number of hydrogen-bond donors (Lipinski definition) is 1. The molecule has 0 fully saturated rings. The van der Waals surface area contributed by atoms with E-state index >= 15 is 0 Å². The Kier molecular flexibility index (Phi) is 10.7. The average molecular weight is 529 g/mol. The van der Waals surface area contributed by atoms with Gasteiger partial charge >= 0.3 is 48.4 Å². The van der Waals surface area contributed by atoms with Crippen LogP contribution in [0.5, 0.6) is 0 Å². The van der Waals surface area contributed by atoms with Crippen LogP contribution in [0, 0.1) is 0 Å². The predicted octanol–water partition coefficient (Wildman–Crippen LogP) is 7.26. The third-order valence-corrected chi connectivity index (χ3v) is 4.49. The molecule has 0 amide bonds. The molecule has 1 N–H and O–H groups in total. The lowest BCUT2D eigenvalue weighted by Gasteiger charge is -2.32. The van der Waals surface area contributed by atoms with E-state index in [9.17, 15) is 70.2 Å². The molecule has 0 rings (SSSR count). The van der Waals surface area contributed by atoms with Gasteiger partial charge in [-0.05, 0) is 38.8 Å². The van der Waals surface area contributed by atoms with Gasteiger partial charge in [-0.3, -0.25) is 0 Å². The van der Waals surface area contributed by atoms with Gasteiger partial charge in [0, 0.05) is 12.8 Å². The maximum Gasteiger partial charge on any atom is 0.377 e. The Morgan fingerprint density at radius 1 is 0.455 bits per heavy atom. The minimum Gasteiger partial charge on any atom is -0.317 e. The van der Waals surface area contributed by atoms with E-state index in [0.29, 0.717) is 0 Å². The zero-order chi connectivity index (χ0) is 26.5. The van der Waals surface area contributed by atoms with Crippen molar-refractivity contribution in [3.63, 3.8) is 0 Å². The zero-order valence-corrected chi connectivity index (χ0v) is 16.4. The van der Waals surface area contributed by atoms with Gasteiger partial charge in [0.15, 0.2) is 0 Å². The predicted molar refractivity (Wildman–Crippen MR) is 82.3 cm³/mol. The molecule has 0 aromatic rings. The lowest BCUT2D eigenvalue weighted by atomic mass is 9.99. The molecule has 0 aromatic heterocycles. The Morgan fingerprint density at radius 2 is 0.727 bits per heavy atom. The molecule has 0 aliphatic carbocycles. The summed E-state index contributed by atoms with van der Waals surface area (Å²) in [4.78, 5) is 0. The van der Waals surface area contributed by atoms with E-state index in [1.165, 1.54) is 0 Å². The Hall–Kier alpha value is -1.16. The molecule has 200 valence electrons. The first-order chi connectivity index (χ1) is 14.6. The first-order valence-electron chi connectivity index (χ1n) is 9.13. The van der Waals surface area contributed by atoms with Crippen LogP contribution in [0.1, 0.15) is 38.5 Å². The average Bonchev–Trinajstić information content (AvgIpc) is 2.65. The van der Waals surface area contributed by atoms with Gasteiger partial charge < -0.3 is 5.32 Å². The van der Waals surface area contributed by atoms with Gasteiger partial charge in [-0.1, -0.05) is 0 Å². The summed E-state index contributed by atoms with van der Waals surface area (Å²) in [7, 11) is 0. The number of rotatable bonds is 16. The molecule has 0 aromatic carbocycles. The topological polar surface area (TPSA) is 12.0 Å². The molecular formula is C16H19F16N. The molecule has 33 heavy (non-hydrogen) atoms. The third-order valence-electron chi connectivity index (χ3n) is 4.49. The van der Waals surface area contributed by atoms with Crippen LogP contribution in [0.4, 0.5) is 70.2 Å². The van der Waals surface area contributed by atoms with Crippen molar-refractivity contribution in [3.8, 4) is 0 Å². The Bertz CT molecular complexity index is 539. The molecule has 0 spiro atoms. The number of nitrogens with one attached hydrogen (secondary N) is 1. The second-order valence-corrected chi connectivity index (χ2v) is 7.07. The van der Waals surface area contributed by atoms with Gasteiger partial charge in [0.05, 0.1) is 0 Å². The molecular weight excluding hydrogens is 510 g/mol. The fourth-order valence-electron chi connectivity index (χ4n) is 2.39. The second kappa shape index (κ2) is 11.1. The smallest absolute Gasteiger partial charge is 0.317 e. The third kappa shape index (κ3) is 6.93. The van der Waals surface area contributed by atoms with Crippen molar-refractivity contribution in [1.29, 1.82) is 0 Å². The zero-order valence-electron chi connectivity index (χ0n) is 16.4.